The Morgan fingerprint density at radius 3 is 2.19 bits per heavy atom. The summed E-state index contributed by atoms with van der Waals surface area (Å²) in [6.45, 7) is 11.3. The van der Waals surface area contributed by atoms with Crippen molar-refractivity contribution in [3.63, 3.8) is 0 Å². The first-order chi connectivity index (χ1) is 11.8. The topological polar surface area (TPSA) is 29.5 Å². The fourth-order valence-electron chi connectivity index (χ4n) is 3.08. The minimum Gasteiger partial charge on any atom is -0.379 e. The molecule has 0 saturated carbocycles. The van der Waals surface area contributed by atoms with Crippen molar-refractivity contribution in [1.82, 2.24) is 0 Å². The molecule has 0 aliphatic rings. The van der Waals surface area contributed by atoms with E-state index in [4.69, 9.17) is 4.74 Å². The molecule has 2 aromatic carbocycles. The summed E-state index contributed by atoms with van der Waals surface area (Å²) >= 11 is 0. The second-order valence-electron chi connectivity index (χ2n) is 7.41. The average Bonchev–Trinajstić information content (AvgIpc) is 2.51. The summed E-state index contributed by atoms with van der Waals surface area (Å²) in [5.74, 6) is 0. The number of alkyl halides is 3. The van der Waals surface area contributed by atoms with E-state index in [0.717, 1.165) is 34.4 Å². The van der Waals surface area contributed by atoms with Crippen LogP contribution in [0.2, 0.25) is 0 Å². The highest BCUT2D eigenvalue weighted by Gasteiger charge is 2.55. The number of rotatable bonds is 5. The monoisotopic (exact) mass is 366 g/mol. The Balaban J connectivity index is 2.53. The molecule has 0 fully saturated rings. The van der Waals surface area contributed by atoms with Crippen molar-refractivity contribution in [2.75, 3.05) is 0 Å². The third kappa shape index (κ3) is 3.64. The summed E-state index contributed by atoms with van der Waals surface area (Å²) in [4.78, 5) is 0. The number of fused-ring (bicyclic) bond motifs is 1. The van der Waals surface area contributed by atoms with Gasteiger partial charge < -0.3 is 9.84 Å². The van der Waals surface area contributed by atoms with Crippen molar-refractivity contribution >= 4 is 16.3 Å². The van der Waals surface area contributed by atoms with Crippen molar-refractivity contribution < 1.29 is 23.0 Å². The highest BCUT2D eigenvalue weighted by Crippen LogP contribution is 2.40. The Bertz CT molecular complexity index is 820. The number of allylic oxidation sites excluding steroid dienone is 1. The van der Waals surface area contributed by atoms with Crippen LogP contribution in [0.3, 0.4) is 0 Å². The van der Waals surface area contributed by atoms with Crippen LogP contribution < -0.4 is 0 Å². The maximum Gasteiger partial charge on any atom is 0.419 e. The Morgan fingerprint density at radius 2 is 1.65 bits per heavy atom. The summed E-state index contributed by atoms with van der Waals surface area (Å²) in [6.07, 6.45) is -6.25. The number of aliphatic hydroxyl groups is 1. The molecule has 2 aromatic rings. The van der Waals surface area contributed by atoms with Crippen LogP contribution in [0.25, 0.3) is 16.3 Å². The van der Waals surface area contributed by atoms with Gasteiger partial charge in [-0.05, 0) is 56.5 Å². The predicted molar refractivity (Wildman–Crippen MR) is 98.9 cm³/mol. The highest BCUT2D eigenvalue weighted by atomic mass is 19.4. The molecule has 0 heterocycles. The van der Waals surface area contributed by atoms with Gasteiger partial charge in [0, 0.05) is 0 Å². The van der Waals surface area contributed by atoms with E-state index in [0.29, 0.717) is 0 Å². The van der Waals surface area contributed by atoms with E-state index >= 15 is 0 Å². The molecule has 2 unspecified atom stereocenters. The molecular weight excluding hydrogens is 341 g/mol. The predicted octanol–water partition coefficient (Wildman–Crippen LogP) is 5.83. The van der Waals surface area contributed by atoms with Gasteiger partial charge in [-0.1, -0.05) is 48.6 Å². The maximum absolute atomic E-state index is 13.1. The van der Waals surface area contributed by atoms with Gasteiger partial charge in [-0.2, -0.15) is 13.2 Å². The zero-order chi connectivity index (χ0) is 19.9. The fraction of sp³-hybridized carbons (Fsp3) is 0.429. The number of ether oxygens (including phenoxy) is 1. The smallest absolute Gasteiger partial charge is 0.379 e. The molecule has 2 atom stereocenters. The molecular formula is C21H25F3O2. The fourth-order valence-corrected chi connectivity index (χ4v) is 3.08. The molecule has 0 amide bonds. The number of benzene rings is 2. The lowest BCUT2D eigenvalue weighted by Gasteiger charge is -2.38. The van der Waals surface area contributed by atoms with Crippen molar-refractivity contribution in [2.45, 2.75) is 58.1 Å². The van der Waals surface area contributed by atoms with Gasteiger partial charge in [0.2, 0.25) is 0 Å². The molecule has 0 aliphatic heterocycles. The summed E-state index contributed by atoms with van der Waals surface area (Å²) in [5.41, 5.74) is -1.64. The van der Waals surface area contributed by atoms with Crippen molar-refractivity contribution in [3.8, 4) is 0 Å². The molecule has 0 aromatic heterocycles. The summed E-state index contributed by atoms with van der Waals surface area (Å²) < 4.78 is 45.1. The van der Waals surface area contributed by atoms with E-state index in [-0.39, 0.29) is 0 Å². The first-order valence-corrected chi connectivity index (χ1v) is 8.44. The Hall–Kier alpha value is -1.85. The second-order valence-corrected chi connectivity index (χ2v) is 7.41. The summed E-state index contributed by atoms with van der Waals surface area (Å²) in [5, 5.41) is 11.9. The van der Waals surface area contributed by atoms with E-state index in [1.165, 1.54) is 6.92 Å². The molecule has 26 heavy (non-hydrogen) atoms. The van der Waals surface area contributed by atoms with Gasteiger partial charge in [-0.15, -0.1) is 0 Å². The Kier molecular flexibility index (Phi) is 5.28. The van der Waals surface area contributed by atoms with Crippen molar-refractivity contribution in [2.24, 2.45) is 0 Å². The van der Waals surface area contributed by atoms with Crippen LogP contribution in [0, 0.1) is 0 Å². The maximum atomic E-state index is 13.1. The lowest BCUT2D eigenvalue weighted by Crippen LogP contribution is -2.53. The quantitative estimate of drug-likeness (QED) is 0.722. The second kappa shape index (κ2) is 6.71. The van der Waals surface area contributed by atoms with E-state index in [1.54, 1.807) is 13.8 Å². The Morgan fingerprint density at radius 1 is 1.08 bits per heavy atom. The van der Waals surface area contributed by atoms with E-state index < -0.39 is 23.5 Å². The molecule has 0 bridgehead atoms. The third-order valence-electron chi connectivity index (χ3n) is 4.84. The van der Waals surface area contributed by atoms with E-state index in [2.05, 4.69) is 6.58 Å². The molecule has 2 nitrogen and oxygen atoms in total. The van der Waals surface area contributed by atoms with Gasteiger partial charge in [0.05, 0.1) is 11.7 Å². The molecule has 142 valence electrons. The lowest BCUT2D eigenvalue weighted by molar-refractivity contribution is -0.298. The van der Waals surface area contributed by atoms with Crippen LogP contribution in [-0.2, 0) is 10.3 Å². The van der Waals surface area contributed by atoms with Gasteiger partial charge >= 0.3 is 6.18 Å². The van der Waals surface area contributed by atoms with Crippen molar-refractivity contribution in [1.29, 1.82) is 0 Å². The largest absolute Gasteiger partial charge is 0.419 e. The van der Waals surface area contributed by atoms with Gasteiger partial charge in [0.1, 0.15) is 0 Å². The van der Waals surface area contributed by atoms with E-state index in [1.807, 2.05) is 43.3 Å². The first-order valence-electron chi connectivity index (χ1n) is 8.44. The van der Waals surface area contributed by atoms with Crippen LogP contribution >= 0.6 is 0 Å². The highest BCUT2D eigenvalue weighted by molar-refractivity contribution is 5.94. The van der Waals surface area contributed by atoms with Gasteiger partial charge in [0.25, 0.3) is 0 Å². The molecule has 0 saturated heterocycles. The average molecular weight is 366 g/mol. The van der Waals surface area contributed by atoms with Gasteiger partial charge in [0.15, 0.2) is 5.60 Å². The van der Waals surface area contributed by atoms with Crippen LogP contribution in [-0.4, -0.2) is 23.0 Å². The van der Waals surface area contributed by atoms with Crippen LogP contribution in [0.5, 0.6) is 0 Å². The number of halogens is 3. The summed E-state index contributed by atoms with van der Waals surface area (Å²) in [6, 6.07) is 11.5. The third-order valence-corrected chi connectivity index (χ3v) is 4.84. The first kappa shape index (κ1) is 20.5. The zero-order valence-corrected chi connectivity index (χ0v) is 15.7. The number of hydrogen-bond acceptors (Lipinski definition) is 2. The zero-order valence-electron chi connectivity index (χ0n) is 15.7. The van der Waals surface area contributed by atoms with Crippen LogP contribution in [0.1, 0.15) is 45.7 Å². The molecule has 0 spiro atoms. The van der Waals surface area contributed by atoms with Gasteiger partial charge in [-0.25, -0.2) is 0 Å². The molecule has 1 N–H and O–H groups in total. The standard InChI is InChI=1S/C21H25F3O2/c1-13(2)18-16-10-8-7-9-15(16)11-12-17(18)19(4,5)26-14(3)20(6,25)21(22,23)24/h7-12,14,25H,1H2,2-6H3. The molecule has 0 aliphatic carbocycles. The van der Waals surface area contributed by atoms with E-state index in [9.17, 15) is 18.3 Å². The normalized spacial score (nSPS) is 16.3. The molecule has 5 heteroatoms. The SMILES string of the molecule is C=C(C)c1c(C(C)(C)OC(C)C(C)(O)C(F)(F)F)ccc2ccccc12. The van der Waals surface area contributed by atoms with Crippen LogP contribution in [0.15, 0.2) is 43.0 Å². The molecule has 2 rings (SSSR count). The number of hydrogen-bond donors (Lipinski definition) is 1. The minimum atomic E-state index is -4.79. The Labute approximate surface area is 152 Å². The van der Waals surface area contributed by atoms with Crippen molar-refractivity contribution in [3.05, 3.63) is 54.1 Å². The lowest BCUT2D eigenvalue weighted by atomic mass is 9.86. The van der Waals surface area contributed by atoms with Crippen LogP contribution in [0.4, 0.5) is 13.2 Å². The minimum absolute atomic E-state index is 0.730. The summed E-state index contributed by atoms with van der Waals surface area (Å²) in [7, 11) is 0. The van der Waals surface area contributed by atoms with Gasteiger partial charge in [-0.3, -0.25) is 0 Å². The molecule has 0 radical (unpaired) electrons.